The number of hydrogen-bond acceptors (Lipinski definition) is 2. The largest absolute Gasteiger partial charge is 0.343 e. The van der Waals surface area contributed by atoms with Gasteiger partial charge in [-0.25, -0.2) is 0 Å². The SMILES string of the molecule is CC(C)CC1NC(=O)C(C)N(Cc2ccccc2)C1=O. The van der Waals surface area contributed by atoms with Crippen LogP contribution in [0.1, 0.15) is 32.8 Å². The fourth-order valence-electron chi connectivity index (χ4n) is 2.51. The molecule has 1 fully saturated rings. The molecule has 0 aliphatic carbocycles. The van der Waals surface area contributed by atoms with E-state index >= 15 is 0 Å². The lowest BCUT2D eigenvalue weighted by molar-refractivity contribution is -0.149. The molecule has 2 rings (SSSR count). The molecule has 2 atom stereocenters. The van der Waals surface area contributed by atoms with E-state index in [1.165, 1.54) is 0 Å². The first-order chi connectivity index (χ1) is 9.49. The Morgan fingerprint density at radius 3 is 2.45 bits per heavy atom. The number of nitrogens with one attached hydrogen (secondary N) is 1. The van der Waals surface area contributed by atoms with E-state index in [1.54, 1.807) is 11.8 Å². The molecule has 0 bridgehead atoms. The Kier molecular flexibility index (Phi) is 4.42. The molecule has 20 heavy (non-hydrogen) atoms. The number of rotatable bonds is 4. The molecule has 0 spiro atoms. The first kappa shape index (κ1) is 14.6. The molecule has 4 nitrogen and oxygen atoms in total. The molecule has 4 heteroatoms. The van der Waals surface area contributed by atoms with Gasteiger partial charge in [0.25, 0.3) is 0 Å². The lowest BCUT2D eigenvalue weighted by atomic mass is 9.98. The van der Waals surface area contributed by atoms with Gasteiger partial charge in [0.1, 0.15) is 12.1 Å². The summed E-state index contributed by atoms with van der Waals surface area (Å²) >= 11 is 0. The average Bonchev–Trinajstić information content (AvgIpc) is 2.41. The van der Waals surface area contributed by atoms with Crippen LogP contribution in [0.25, 0.3) is 0 Å². The second-order valence-electron chi connectivity index (χ2n) is 5.82. The molecule has 1 heterocycles. The number of piperazine rings is 1. The minimum absolute atomic E-state index is 0.0228. The highest BCUT2D eigenvalue weighted by molar-refractivity contribution is 5.96. The lowest BCUT2D eigenvalue weighted by Gasteiger charge is -2.38. The van der Waals surface area contributed by atoms with Crippen molar-refractivity contribution < 1.29 is 9.59 Å². The Balaban J connectivity index is 2.16. The van der Waals surface area contributed by atoms with Gasteiger partial charge in [0.15, 0.2) is 0 Å². The van der Waals surface area contributed by atoms with E-state index in [0.29, 0.717) is 18.9 Å². The van der Waals surface area contributed by atoms with Crippen LogP contribution < -0.4 is 5.32 Å². The second kappa shape index (κ2) is 6.07. The molecule has 1 saturated heterocycles. The summed E-state index contributed by atoms with van der Waals surface area (Å²) < 4.78 is 0. The first-order valence-corrected chi connectivity index (χ1v) is 7.14. The van der Waals surface area contributed by atoms with Crippen LogP contribution in [0.4, 0.5) is 0 Å². The zero-order valence-electron chi connectivity index (χ0n) is 12.3. The quantitative estimate of drug-likeness (QED) is 0.912. The number of hydrogen-bond donors (Lipinski definition) is 1. The van der Waals surface area contributed by atoms with Crippen LogP contribution in [0.5, 0.6) is 0 Å². The van der Waals surface area contributed by atoms with Crippen molar-refractivity contribution in [2.45, 2.75) is 45.8 Å². The van der Waals surface area contributed by atoms with Crippen LogP contribution in [0, 0.1) is 5.92 Å². The maximum Gasteiger partial charge on any atom is 0.246 e. The van der Waals surface area contributed by atoms with Gasteiger partial charge in [0.05, 0.1) is 0 Å². The molecule has 1 aromatic rings. The van der Waals surface area contributed by atoms with E-state index in [-0.39, 0.29) is 17.9 Å². The fourth-order valence-corrected chi connectivity index (χ4v) is 2.51. The van der Waals surface area contributed by atoms with E-state index in [4.69, 9.17) is 0 Å². The smallest absolute Gasteiger partial charge is 0.246 e. The van der Waals surface area contributed by atoms with Gasteiger partial charge in [-0.2, -0.15) is 0 Å². The highest BCUT2D eigenvalue weighted by atomic mass is 16.2. The number of benzene rings is 1. The summed E-state index contributed by atoms with van der Waals surface area (Å²) in [5.74, 6) is 0.331. The molecular weight excluding hydrogens is 252 g/mol. The topological polar surface area (TPSA) is 49.4 Å². The molecule has 1 aromatic carbocycles. The molecule has 108 valence electrons. The van der Waals surface area contributed by atoms with Crippen molar-refractivity contribution in [2.24, 2.45) is 5.92 Å². The minimum Gasteiger partial charge on any atom is -0.343 e. The van der Waals surface area contributed by atoms with Crippen molar-refractivity contribution >= 4 is 11.8 Å². The van der Waals surface area contributed by atoms with Crippen molar-refractivity contribution in [3.63, 3.8) is 0 Å². The van der Waals surface area contributed by atoms with Crippen molar-refractivity contribution in [3.8, 4) is 0 Å². The number of carbonyl (C=O) groups is 2. The maximum absolute atomic E-state index is 12.5. The molecule has 2 amide bonds. The van der Waals surface area contributed by atoms with E-state index in [1.807, 2.05) is 30.3 Å². The predicted octanol–water partition coefficient (Wildman–Crippen LogP) is 1.95. The third kappa shape index (κ3) is 3.18. The van der Waals surface area contributed by atoms with Crippen LogP contribution in [-0.2, 0) is 16.1 Å². The van der Waals surface area contributed by atoms with Gasteiger partial charge >= 0.3 is 0 Å². The average molecular weight is 274 g/mol. The summed E-state index contributed by atoms with van der Waals surface area (Å²) in [6.45, 7) is 6.38. The van der Waals surface area contributed by atoms with Crippen molar-refractivity contribution in [2.75, 3.05) is 0 Å². The predicted molar refractivity (Wildman–Crippen MR) is 77.8 cm³/mol. The summed E-state index contributed by atoms with van der Waals surface area (Å²) in [6, 6.07) is 8.99. The molecule has 0 aromatic heterocycles. The van der Waals surface area contributed by atoms with Crippen molar-refractivity contribution in [1.29, 1.82) is 0 Å². The Bertz CT molecular complexity index is 485. The van der Waals surface area contributed by atoms with Gasteiger partial charge in [-0.3, -0.25) is 9.59 Å². The van der Waals surface area contributed by atoms with E-state index < -0.39 is 6.04 Å². The molecule has 1 N–H and O–H groups in total. The summed E-state index contributed by atoms with van der Waals surface area (Å²) in [4.78, 5) is 26.2. The van der Waals surface area contributed by atoms with Gasteiger partial charge in [-0.15, -0.1) is 0 Å². The van der Waals surface area contributed by atoms with E-state index in [9.17, 15) is 9.59 Å². The highest BCUT2D eigenvalue weighted by Gasteiger charge is 2.37. The number of nitrogens with zero attached hydrogens (tertiary/aromatic N) is 1. The van der Waals surface area contributed by atoms with Crippen LogP contribution in [0.3, 0.4) is 0 Å². The minimum atomic E-state index is -0.411. The standard InChI is InChI=1S/C16H22N2O2/c1-11(2)9-14-16(20)18(12(3)15(19)17-14)10-13-7-5-4-6-8-13/h4-8,11-12,14H,9-10H2,1-3H3,(H,17,19). The lowest BCUT2D eigenvalue weighted by Crippen LogP contribution is -2.62. The fraction of sp³-hybridized carbons (Fsp3) is 0.500. The van der Waals surface area contributed by atoms with Crippen LogP contribution >= 0.6 is 0 Å². The molecular formula is C16H22N2O2. The zero-order chi connectivity index (χ0) is 14.7. The molecule has 2 unspecified atom stereocenters. The van der Waals surface area contributed by atoms with Gasteiger partial charge in [0.2, 0.25) is 11.8 Å². The number of carbonyl (C=O) groups excluding carboxylic acids is 2. The van der Waals surface area contributed by atoms with Crippen molar-refractivity contribution in [1.82, 2.24) is 10.2 Å². The summed E-state index contributed by atoms with van der Waals surface area (Å²) in [5.41, 5.74) is 1.05. The summed E-state index contributed by atoms with van der Waals surface area (Å²) in [7, 11) is 0. The van der Waals surface area contributed by atoms with Gasteiger partial charge < -0.3 is 10.2 Å². The van der Waals surface area contributed by atoms with Crippen LogP contribution in [-0.4, -0.2) is 28.8 Å². The summed E-state index contributed by atoms with van der Waals surface area (Å²) in [5, 5.41) is 2.83. The third-order valence-corrected chi connectivity index (χ3v) is 3.65. The third-order valence-electron chi connectivity index (χ3n) is 3.65. The van der Waals surface area contributed by atoms with E-state index in [2.05, 4.69) is 19.2 Å². The van der Waals surface area contributed by atoms with Crippen molar-refractivity contribution in [3.05, 3.63) is 35.9 Å². The molecule has 0 radical (unpaired) electrons. The first-order valence-electron chi connectivity index (χ1n) is 7.14. The zero-order valence-corrected chi connectivity index (χ0v) is 12.3. The Labute approximate surface area is 120 Å². The summed E-state index contributed by atoms with van der Waals surface area (Å²) in [6.07, 6.45) is 0.683. The molecule has 0 saturated carbocycles. The Hall–Kier alpha value is -1.84. The highest BCUT2D eigenvalue weighted by Crippen LogP contribution is 2.18. The van der Waals surface area contributed by atoms with Crippen LogP contribution in [0.15, 0.2) is 30.3 Å². The Morgan fingerprint density at radius 1 is 1.20 bits per heavy atom. The second-order valence-corrected chi connectivity index (χ2v) is 5.82. The molecule has 1 aliphatic rings. The molecule has 1 aliphatic heterocycles. The van der Waals surface area contributed by atoms with Gasteiger partial charge in [-0.1, -0.05) is 44.2 Å². The Morgan fingerprint density at radius 2 is 1.85 bits per heavy atom. The van der Waals surface area contributed by atoms with Crippen LogP contribution in [0.2, 0.25) is 0 Å². The van der Waals surface area contributed by atoms with E-state index in [0.717, 1.165) is 5.56 Å². The van der Waals surface area contributed by atoms with Gasteiger partial charge in [0, 0.05) is 6.54 Å². The number of amides is 2. The monoisotopic (exact) mass is 274 g/mol. The maximum atomic E-state index is 12.5. The van der Waals surface area contributed by atoms with Gasteiger partial charge in [-0.05, 0) is 24.8 Å². The normalized spacial score (nSPS) is 23.1.